The van der Waals surface area contributed by atoms with E-state index in [1.165, 1.54) is 82.5 Å². The Hall–Kier alpha value is -6.90. The Morgan fingerprint density at radius 1 is 0.590 bits per heavy atom. The van der Waals surface area contributed by atoms with Crippen LogP contribution < -0.4 is 4.90 Å². The lowest BCUT2D eigenvalue weighted by atomic mass is 9.77. The van der Waals surface area contributed by atoms with Crippen LogP contribution in [0.15, 0.2) is 192 Å². The summed E-state index contributed by atoms with van der Waals surface area (Å²) in [6.07, 6.45) is 15.0. The molecule has 0 saturated carbocycles. The molecule has 9 aromatic rings. The molecule has 1 unspecified atom stereocenters. The number of rotatable bonds is 6. The third-order valence-corrected chi connectivity index (χ3v) is 13.3. The van der Waals surface area contributed by atoms with Crippen LogP contribution in [0.1, 0.15) is 67.7 Å². The minimum absolute atomic E-state index is 0.0805. The minimum atomic E-state index is 0.0805. The SMILES string of the molecule is CC(C)C1C/C=C(N(c2ccccc2)c2ccc(-c3cc4c(c5ccccc35)CCC=C4)cc2)\C=C/[C@H](C)c2c1c1ccccc1c1c2oc2cccc(-c3ccccc3)c21. The van der Waals surface area contributed by atoms with Crippen molar-refractivity contribution in [3.05, 3.63) is 210 Å². The van der Waals surface area contributed by atoms with Crippen LogP contribution in [-0.4, -0.2) is 0 Å². The van der Waals surface area contributed by atoms with Gasteiger partial charge in [-0.25, -0.2) is 0 Å². The quantitative estimate of drug-likeness (QED) is 0.167. The molecule has 11 rings (SSSR count). The largest absolute Gasteiger partial charge is 0.456 e. The first kappa shape index (κ1) is 37.1. The summed E-state index contributed by atoms with van der Waals surface area (Å²) < 4.78 is 7.11. The Bertz CT molecular complexity index is 3200. The molecule has 0 fully saturated rings. The standard InChI is InChI=1S/C59H49NO/c1-38(2)46-36-35-44(60(43-20-8-5-9-21-43)45-33-30-41(31-34-45)53-37-42-19-10-11-22-47(42)49-23-12-13-24-50(49)53)32-29-39(3)55-56(46)51-25-14-15-26-52(51)58-57-48(40-17-6-4-7-18-40)27-16-28-54(57)61-59(55)58/h4-10,12-21,23-35,37-39,46H,11,22,36H2,1-3H3/b32-29-,44-35+/t39-,46?/m0/s1. The van der Waals surface area contributed by atoms with Gasteiger partial charge in [-0.1, -0.05) is 166 Å². The van der Waals surface area contributed by atoms with E-state index in [1.807, 2.05) is 0 Å². The Morgan fingerprint density at radius 2 is 1.26 bits per heavy atom. The predicted octanol–water partition coefficient (Wildman–Crippen LogP) is 16.7. The maximum Gasteiger partial charge on any atom is 0.140 e. The molecule has 0 N–H and O–H groups in total. The van der Waals surface area contributed by atoms with Crippen LogP contribution in [0, 0.1) is 5.92 Å². The number of allylic oxidation sites excluding steroid dienone is 4. The Balaban J connectivity index is 1.07. The Kier molecular flexibility index (Phi) is 9.30. The van der Waals surface area contributed by atoms with Crippen LogP contribution >= 0.6 is 0 Å². The second-order valence-electron chi connectivity index (χ2n) is 17.3. The van der Waals surface area contributed by atoms with Gasteiger partial charge in [0, 0.05) is 39.3 Å². The number of hydrogen-bond donors (Lipinski definition) is 0. The highest BCUT2D eigenvalue weighted by Crippen LogP contribution is 2.50. The zero-order chi connectivity index (χ0) is 41.0. The Labute approximate surface area is 358 Å². The van der Waals surface area contributed by atoms with Crippen molar-refractivity contribution in [2.45, 2.75) is 51.9 Å². The van der Waals surface area contributed by atoms with Crippen molar-refractivity contribution < 1.29 is 4.42 Å². The van der Waals surface area contributed by atoms with Gasteiger partial charge >= 0.3 is 0 Å². The first-order valence-electron chi connectivity index (χ1n) is 22.0. The van der Waals surface area contributed by atoms with Crippen molar-refractivity contribution in [1.29, 1.82) is 0 Å². The molecule has 296 valence electrons. The van der Waals surface area contributed by atoms with Crippen LogP contribution in [0.4, 0.5) is 11.4 Å². The van der Waals surface area contributed by atoms with Gasteiger partial charge in [-0.05, 0) is 134 Å². The average Bonchev–Trinajstić information content (AvgIpc) is 3.73. The van der Waals surface area contributed by atoms with Gasteiger partial charge < -0.3 is 9.32 Å². The lowest BCUT2D eigenvalue weighted by Crippen LogP contribution is -2.16. The van der Waals surface area contributed by atoms with Gasteiger partial charge in [-0.3, -0.25) is 0 Å². The van der Waals surface area contributed by atoms with E-state index in [-0.39, 0.29) is 11.8 Å². The molecule has 1 heterocycles. The normalized spacial score (nSPS) is 17.7. The molecule has 61 heavy (non-hydrogen) atoms. The molecule has 1 aromatic heterocycles. The van der Waals surface area contributed by atoms with E-state index in [9.17, 15) is 0 Å². The number of anilines is 2. The Morgan fingerprint density at radius 3 is 2.03 bits per heavy atom. The van der Waals surface area contributed by atoms with E-state index in [4.69, 9.17) is 4.42 Å². The molecule has 2 heteroatoms. The van der Waals surface area contributed by atoms with E-state index in [2.05, 4.69) is 214 Å². The number of para-hydroxylation sites is 1. The molecule has 8 aromatic carbocycles. The molecule has 0 bridgehead atoms. The van der Waals surface area contributed by atoms with E-state index in [0.717, 1.165) is 41.8 Å². The number of furan rings is 1. The van der Waals surface area contributed by atoms with Crippen molar-refractivity contribution in [3.8, 4) is 22.3 Å². The van der Waals surface area contributed by atoms with Crippen LogP contribution in [0.25, 0.3) is 71.8 Å². The highest BCUT2D eigenvalue weighted by atomic mass is 16.3. The summed E-state index contributed by atoms with van der Waals surface area (Å²) in [4.78, 5) is 2.44. The second-order valence-corrected chi connectivity index (χ2v) is 17.3. The van der Waals surface area contributed by atoms with Gasteiger partial charge in [-0.2, -0.15) is 0 Å². The van der Waals surface area contributed by atoms with Crippen molar-refractivity contribution in [2.24, 2.45) is 5.92 Å². The molecular weight excluding hydrogens is 739 g/mol. The third kappa shape index (κ3) is 6.32. The van der Waals surface area contributed by atoms with Crippen LogP contribution in [0.2, 0.25) is 0 Å². The van der Waals surface area contributed by atoms with Crippen molar-refractivity contribution in [2.75, 3.05) is 4.90 Å². The maximum absolute atomic E-state index is 7.11. The number of fused-ring (bicyclic) bond motifs is 11. The van der Waals surface area contributed by atoms with Gasteiger partial charge in [-0.15, -0.1) is 0 Å². The van der Waals surface area contributed by atoms with Gasteiger partial charge in [0.1, 0.15) is 11.2 Å². The summed E-state index contributed by atoms with van der Waals surface area (Å²) in [6.45, 7) is 7.13. The summed E-state index contributed by atoms with van der Waals surface area (Å²) in [6, 6.07) is 57.8. The average molecular weight is 788 g/mol. The first-order valence-corrected chi connectivity index (χ1v) is 22.0. The van der Waals surface area contributed by atoms with E-state index >= 15 is 0 Å². The zero-order valence-electron chi connectivity index (χ0n) is 35.1. The van der Waals surface area contributed by atoms with E-state index in [0.29, 0.717) is 5.92 Å². The van der Waals surface area contributed by atoms with Gasteiger partial charge in [0.05, 0.1) is 0 Å². The highest BCUT2D eigenvalue weighted by molar-refractivity contribution is 6.24. The summed E-state index contributed by atoms with van der Waals surface area (Å²) in [7, 11) is 0. The molecule has 2 aliphatic rings. The predicted molar refractivity (Wildman–Crippen MR) is 260 cm³/mol. The summed E-state index contributed by atoms with van der Waals surface area (Å²) in [5.74, 6) is 0.726. The first-order chi connectivity index (χ1) is 30.0. The monoisotopic (exact) mass is 787 g/mol. The molecule has 0 saturated heterocycles. The zero-order valence-corrected chi connectivity index (χ0v) is 35.1. The van der Waals surface area contributed by atoms with Gasteiger partial charge in [0.2, 0.25) is 0 Å². The highest BCUT2D eigenvalue weighted by Gasteiger charge is 2.30. The second kappa shape index (κ2) is 15.3. The van der Waals surface area contributed by atoms with Crippen LogP contribution in [-0.2, 0) is 6.42 Å². The number of hydrogen-bond acceptors (Lipinski definition) is 2. The molecule has 0 amide bonds. The van der Waals surface area contributed by atoms with Crippen molar-refractivity contribution >= 4 is 60.9 Å². The lowest BCUT2D eigenvalue weighted by Gasteiger charge is -2.28. The summed E-state index contributed by atoms with van der Waals surface area (Å²) in [5.41, 5.74) is 15.8. The fourth-order valence-corrected chi connectivity index (χ4v) is 10.4. The third-order valence-electron chi connectivity index (χ3n) is 13.3. The van der Waals surface area contributed by atoms with E-state index in [1.54, 1.807) is 0 Å². The number of nitrogens with zero attached hydrogens (tertiary/aromatic N) is 1. The molecule has 0 aliphatic heterocycles. The fourth-order valence-electron chi connectivity index (χ4n) is 10.4. The topological polar surface area (TPSA) is 16.4 Å². The summed E-state index contributed by atoms with van der Waals surface area (Å²) in [5, 5.41) is 7.69. The van der Waals surface area contributed by atoms with Crippen LogP contribution in [0.5, 0.6) is 0 Å². The molecule has 0 radical (unpaired) electrons. The number of benzene rings is 8. The molecule has 2 atom stereocenters. The van der Waals surface area contributed by atoms with Crippen molar-refractivity contribution in [3.63, 3.8) is 0 Å². The maximum atomic E-state index is 7.11. The molecule has 0 spiro atoms. The van der Waals surface area contributed by atoms with Gasteiger partial charge in [0.25, 0.3) is 0 Å². The molecule has 2 nitrogen and oxygen atoms in total. The molecule has 2 aliphatic carbocycles. The number of aryl methyl sites for hydroxylation is 1. The van der Waals surface area contributed by atoms with Crippen LogP contribution in [0.3, 0.4) is 0 Å². The minimum Gasteiger partial charge on any atom is -0.456 e. The molecular formula is C59H49NO. The summed E-state index contributed by atoms with van der Waals surface area (Å²) >= 11 is 0. The fraction of sp³-hybridized carbons (Fsp3) is 0.153. The lowest BCUT2D eigenvalue weighted by molar-refractivity contribution is 0.500. The van der Waals surface area contributed by atoms with Gasteiger partial charge in [0.15, 0.2) is 0 Å². The van der Waals surface area contributed by atoms with E-state index < -0.39 is 0 Å². The van der Waals surface area contributed by atoms with Crippen molar-refractivity contribution in [1.82, 2.24) is 0 Å². The smallest absolute Gasteiger partial charge is 0.140 e.